The summed E-state index contributed by atoms with van der Waals surface area (Å²) in [5, 5.41) is 6.51. The zero-order valence-electron chi connectivity index (χ0n) is 11.2. The summed E-state index contributed by atoms with van der Waals surface area (Å²) in [6.45, 7) is 0.991. The Morgan fingerprint density at radius 2 is 2.06 bits per heavy atom. The first-order chi connectivity index (χ1) is 8.83. The summed E-state index contributed by atoms with van der Waals surface area (Å²) in [4.78, 5) is 9.10. The van der Waals surface area contributed by atoms with Crippen molar-refractivity contribution in [2.75, 3.05) is 36.2 Å². The number of anilines is 2. The summed E-state index contributed by atoms with van der Waals surface area (Å²) < 4.78 is 0. The molecule has 0 amide bonds. The van der Waals surface area contributed by atoms with Gasteiger partial charge in [0.1, 0.15) is 17.5 Å². The summed E-state index contributed by atoms with van der Waals surface area (Å²) in [7, 11) is 1.90. The van der Waals surface area contributed by atoms with Gasteiger partial charge in [-0.05, 0) is 37.7 Å². The minimum absolute atomic E-state index is 0.593. The monoisotopic (exact) mass is 266 g/mol. The highest BCUT2D eigenvalue weighted by Gasteiger charge is 2.27. The van der Waals surface area contributed by atoms with E-state index < -0.39 is 0 Å². The highest BCUT2D eigenvalue weighted by molar-refractivity contribution is 7.98. The van der Waals surface area contributed by atoms with Crippen molar-refractivity contribution in [3.63, 3.8) is 0 Å². The van der Waals surface area contributed by atoms with E-state index in [1.807, 2.05) is 24.9 Å². The molecule has 0 radical (unpaired) electrons. The molecular weight excluding hydrogens is 244 g/mol. The third-order valence-corrected chi connectivity index (χ3v) is 3.72. The van der Waals surface area contributed by atoms with Gasteiger partial charge in [-0.15, -0.1) is 0 Å². The van der Waals surface area contributed by atoms with Crippen LogP contribution < -0.4 is 10.6 Å². The van der Waals surface area contributed by atoms with Gasteiger partial charge in [-0.3, -0.25) is 0 Å². The maximum atomic E-state index is 4.59. The van der Waals surface area contributed by atoms with Crippen molar-refractivity contribution in [2.24, 2.45) is 0 Å². The predicted molar refractivity (Wildman–Crippen MR) is 79.7 cm³/mol. The van der Waals surface area contributed by atoms with Gasteiger partial charge in [0.15, 0.2) is 0 Å². The number of rotatable bonds is 8. The first-order valence-corrected chi connectivity index (χ1v) is 8.02. The Hall–Kier alpha value is -0.970. The fourth-order valence-electron chi connectivity index (χ4n) is 1.80. The van der Waals surface area contributed by atoms with Gasteiger partial charge in [0, 0.05) is 25.6 Å². The molecule has 5 heteroatoms. The van der Waals surface area contributed by atoms with E-state index in [9.17, 15) is 0 Å². The first kappa shape index (κ1) is 13.5. The standard InChI is InChI=1S/C13H22N4S/c1-14-11-9-12(15-7-3-4-8-18-2)17-13(16-11)10-5-6-10/h9-10H,3-8H2,1-2H3,(H2,14,15,16,17). The Labute approximate surface area is 113 Å². The Morgan fingerprint density at radius 1 is 1.28 bits per heavy atom. The molecule has 18 heavy (non-hydrogen) atoms. The summed E-state index contributed by atoms with van der Waals surface area (Å²) in [5.41, 5.74) is 0. The second-order valence-corrected chi connectivity index (χ2v) is 5.63. The highest BCUT2D eigenvalue weighted by atomic mass is 32.2. The third-order valence-electron chi connectivity index (χ3n) is 3.02. The van der Waals surface area contributed by atoms with Crippen molar-refractivity contribution in [3.8, 4) is 0 Å². The molecule has 1 aromatic rings. The number of aromatic nitrogens is 2. The number of unbranched alkanes of at least 4 members (excludes halogenated alkanes) is 1. The number of nitrogens with one attached hydrogen (secondary N) is 2. The van der Waals surface area contributed by atoms with Crippen molar-refractivity contribution in [2.45, 2.75) is 31.6 Å². The van der Waals surface area contributed by atoms with E-state index >= 15 is 0 Å². The summed E-state index contributed by atoms with van der Waals surface area (Å²) >= 11 is 1.91. The normalized spacial score (nSPS) is 14.6. The zero-order chi connectivity index (χ0) is 12.8. The van der Waals surface area contributed by atoms with Crippen molar-refractivity contribution in [1.29, 1.82) is 0 Å². The van der Waals surface area contributed by atoms with Gasteiger partial charge >= 0.3 is 0 Å². The minimum atomic E-state index is 0.593. The lowest BCUT2D eigenvalue weighted by atomic mass is 10.3. The van der Waals surface area contributed by atoms with Crippen molar-refractivity contribution >= 4 is 23.4 Å². The van der Waals surface area contributed by atoms with Crippen LogP contribution in [0.5, 0.6) is 0 Å². The van der Waals surface area contributed by atoms with Gasteiger partial charge in [0.25, 0.3) is 0 Å². The molecule has 0 unspecified atom stereocenters. The molecule has 100 valence electrons. The van der Waals surface area contributed by atoms with Crippen LogP contribution in [0.3, 0.4) is 0 Å². The molecular formula is C13H22N4S. The van der Waals surface area contributed by atoms with E-state index in [1.54, 1.807) is 0 Å². The fourth-order valence-corrected chi connectivity index (χ4v) is 2.29. The molecule has 1 aromatic heterocycles. The molecule has 2 rings (SSSR count). The second-order valence-electron chi connectivity index (χ2n) is 4.65. The third kappa shape index (κ3) is 4.05. The summed E-state index contributed by atoms with van der Waals surface area (Å²) in [5.74, 6) is 4.70. The van der Waals surface area contributed by atoms with E-state index in [1.165, 1.54) is 31.4 Å². The maximum Gasteiger partial charge on any atom is 0.136 e. The predicted octanol–water partition coefficient (Wildman–Crippen LogP) is 2.95. The highest BCUT2D eigenvalue weighted by Crippen LogP contribution is 2.38. The smallest absolute Gasteiger partial charge is 0.136 e. The van der Waals surface area contributed by atoms with Gasteiger partial charge in [-0.2, -0.15) is 11.8 Å². The summed E-state index contributed by atoms with van der Waals surface area (Å²) in [6, 6.07) is 1.99. The van der Waals surface area contributed by atoms with Crippen molar-refractivity contribution < 1.29 is 0 Å². The minimum Gasteiger partial charge on any atom is -0.373 e. The lowest BCUT2D eigenvalue weighted by Gasteiger charge is -2.09. The molecule has 0 saturated heterocycles. The number of hydrogen-bond donors (Lipinski definition) is 2. The van der Waals surface area contributed by atoms with Gasteiger partial charge in [-0.1, -0.05) is 0 Å². The Morgan fingerprint density at radius 3 is 2.72 bits per heavy atom. The molecule has 0 atom stereocenters. The van der Waals surface area contributed by atoms with E-state index in [2.05, 4.69) is 26.9 Å². The topological polar surface area (TPSA) is 49.8 Å². The van der Waals surface area contributed by atoms with Crippen LogP contribution >= 0.6 is 11.8 Å². The first-order valence-electron chi connectivity index (χ1n) is 6.63. The van der Waals surface area contributed by atoms with Crippen LogP contribution in [0.25, 0.3) is 0 Å². The van der Waals surface area contributed by atoms with Crippen LogP contribution in [0.15, 0.2) is 6.07 Å². The lowest BCUT2D eigenvalue weighted by molar-refractivity contribution is 0.834. The van der Waals surface area contributed by atoms with Crippen LogP contribution in [0, 0.1) is 0 Å². The number of thioether (sulfide) groups is 1. The van der Waals surface area contributed by atoms with Gasteiger partial charge in [0.05, 0.1) is 0 Å². The SMILES string of the molecule is CNc1cc(NCCCCSC)nc(C2CC2)n1. The molecule has 4 nitrogen and oxygen atoms in total. The molecule has 1 saturated carbocycles. The zero-order valence-corrected chi connectivity index (χ0v) is 12.0. The molecule has 0 spiro atoms. The summed E-state index contributed by atoms with van der Waals surface area (Å²) in [6.07, 6.45) is 7.08. The number of hydrogen-bond acceptors (Lipinski definition) is 5. The molecule has 1 aliphatic rings. The van der Waals surface area contributed by atoms with Gasteiger partial charge in [-0.25, -0.2) is 9.97 Å². The van der Waals surface area contributed by atoms with Crippen molar-refractivity contribution in [1.82, 2.24) is 9.97 Å². The molecule has 0 aromatic carbocycles. The van der Waals surface area contributed by atoms with Gasteiger partial charge in [0.2, 0.25) is 0 Å². The molecule has 0 bridgehead atoms. The maximum absolute atomic E-state index is 4.59. The van der Waals surface area contributed by atoms with Crippen LogP contribution in [0.2, 0.25) is 0 Å². The average molecular weight is 266 g/mol. The molecule has 0 aliphatic heterocycles. The Kier molecular flexibility index (Phi) is 5.11. The quantitative estimate of drug-likeness (QED) is 0.709. The lowest BCUT2D eigenvalue weighted by Crippen LogP contribution is -2.07. The van der Waals surface area contributed by atoms with Crippen LogP contribution in [-0.4, -0.2) is 35.6 Å². The number of nitrogens with zero attached hydrogens (tertiary/aromatic N) is 2. The van der Waals surface area contributed by atoms with E-state index in [0.717, 1.165) is 24.0 Å². The van der Waals surface area contributed by atoms with Gasteiger partial charge < -0.3 is 10.6 Å². The van der Waals surface area contributed by atoms with Crippen LogP contribution in [-0.2, 0) is 0 Å². The molecule has 1 heterocycles. The Balaban J connectivity index is 1.88. The Bertz CT molecular complexity index is 379. The van der Waals surface area contributed by atoms with Crippen molar-refractivity contribution in [3.05, 3.63) is 11.9 Å². The molecule has 2 N–H and O–H groups in total. The van der Waals surface area contributed by atoms with E-state index in [4.69, 9.17) is 0 Å². The fraction of sp³-hybridized carbons (Fsp3) is 0.692. The van der Waals surface area contributed by atoms with Crippen LogP contribution in [0.4, 0.5) is 11.6 Å². The molecule has 1 fully saturated rings. The largest absolute Gasteiger partial charge is 0.373 e. The average Bonchev–Trinajstić information content (AvgIpc) is 3.22. The van der Waals surface area contributed by atoms with E-state index in [-0.39, 0.29) is 0 Å². The van der Waals surface area contributed by atoms with Crippen LogP contribution in [0.1, 0.15) is 37.4 Å². The second kappa shape index (κ2) is 6.83. The molecule has 1 aliphatic carbocycles. The van der Waals surface area contributed by atoms with E-state index in [0.29, 0.717) is 5.92 Å².